The van der Waals surface area contributed by atoms with Crippen LogP contribution in [0.4, 0.5) is 0 Å². The molecule has 1 fully saturated rings. The predicted octanol–water partition coefficient (Wildman–Crippen LogP) is 2.59. The number of imidazole rings is 1. The van der Waals surface area contributed by atoms with Gasteiger partial charge in [0.15, 0.2) is 0 Å². The maximum atomic E-state index is 4.40. The number of rotatable bonds is 2. The molecule has 3 nitrogen and oxygen atoms in total. The van der Waals surface area contributed by atoms with Gasteiger partial charge in [0.25, 0.3) is 0 Å². The molecule has 0 atom stereocenters. The fourth-order valence-electron chi connectivity index (χ4n) is 1.78. The van der Waals surface area contributed by atoms with Crippen LogP contribution in [0.5, 0.6) is 0 Å². The van der Waals surface area contributed by atoms with E-state index in [1.807, 2.05) is 25.4 Å². The predicted molar refractivity (Wildman–Crippen MR) is 58.5 cm³/mol. The number of aromatic nitrogens is 3. The van der Waals surface area contributed by atoms with E-state index in [0.717, 1.165) is 17.1 Å². The van der Waals surface area contributed by atoms with E-state index in [1.165, 1.54) is 12.8 Å². The summed E-state index contributed by atoms with van der Waals surface area (Å²) in [6.07, 6.45) is 8.39. The van der Waals surface area contributed by atoms with Crippen LogP contribution in [-0.4, -0.2) is 14.5 Å². The average Bonchev–Trinajstić information content (AvgIpc) is 2.98. The van der Waals surface area contributed by atoms with Crippen molar-refractivity contribution in [3.05, 3.63) is 36.4 Å². The summed E-state index contributed by atoms with van der Waals surface area (Å²) in [5.41, 5.74) is 2.15. The van der Waals surface area contributed by atoms with Gasteiger partial charge in [-0.05, 0) is 31.9 Å². The second-order valence-electron chi connectivity index (χ2n) is 4.08. The van der Waals surface area contributed by atoms with Crippen molar-refractivity contribution in [2.24, 2.45) is 0 Å². The standard InChI is InChI=1S/C12H13N3/c1-9-2-3-10(8-14-9)12-13-6-7-15(12)11-4-5-11/h2-3,6-8,11H,4-5H2,1H3. The third kappa shape index (κ3) is 1.54. The van der Waals surface area contributed by atoms with Crippen molar-refractivity contribution in [3.8, 4) is 11.4 Å². The molecule has 2 aromatic heterocycles. The zero-order valence-corrected chi connectivity index (χ0v) is 8.72. The minimum Gasteiger partial charge on any atom is -0.328 e. The summed E-state index contributed by atoms with van der Waals surface area (Å²) in [6.45, 7) is 2.00. The summed E-state index contributed by atoms with van der Waals surface area (Å²) in [7, 11) is 0. The van der Waals surface area contributed by atoms with Crippen molar-refractivity contribution >= 4 is 0 Å². The molecule has 1 saturated carbocycles. The molecule has 2 aromatic rings. The van der Waals surface area contributed by atoms with Crippen LogP contribution in [0.15, 0.2) is 30.7 Å². The van der Waals surface area contributed by atoms with Gasteiger partial charge < -0.3 is 4.57 Å². The maximum Gasteiger partial charge on any atom is 0.141 e. The van der Waals surface area contributed by atoms with Crippen LogP contribution in [-0.2, 0) is 0 Å². The fourth-order valence-corrected chi connectivity index (χ4v) is 1.78. The Morgan fingerprint density at radius 3 is 2.80 bits per heavy atom. The van der Waals surface area contributed by atoms with Crippen LogP contribution in [0.1, 0.15) is 24.6 Å². The molecule has 0 bridgehead atoms. The Morgan fingerprint density at radius 1 is 1.27 bits per heavy atom. The van der Waals surface area contributed by atoms with E-state index < -0.39 is 0 Å². The molecule has 3 rings (SSSR count). The van der Waals surface area contributed by atoms with E-state index in [9.17, 15) is 0 Å². The Labute approximate surface area is 88.8 Å². The average molecular weight is 199 g/mol. The molecule has 0 radical (unpaired) electrons. The molecule has 0 saturated heterocycles. The minimum absolute atomic E-state index is 0.670. The smallest absolute Gasteiger partial charge is 0.141 e. The zero-order chi connectivity index (χ0) is 10.3. The number of nitrogens with zero attached hydrogens (tertiary/aromatic N) is 3. The largest absolute Gasteiger partial charge is 0.328 e. The Balaban J connectivity index is 2.04. The van der Waals surface area contributed by atoms with Gasteiger partial charge in [0.1, 0.15) is 5.82 Å². The van der Waals surface area contributed by atoms with Crippen LogP contribution < -0.4 is 0 Å². The first kappa shape index (κ1) is 8.65. The number of aryl methyl sites for hydroxylation is 1. The normalized spacial score (nSPS) is 15.5. The highest BCUT2D eigenvalue weighted by atomic mass is 15.1. The van der Waals surface area contributed by atoms with Crippen LogP contribution in [0, 0.1) is 6.92 Å². The van der Waals surface area contributed by atoms with E-state index in [2.05, 4.69) is 26.8 Å². The molecule has 0 aromatic carbocycles. The molecular formula is C12H13N3. The highest BCUT2D eigenvalue weighted by Crippen LogP contribution is 2.37. The zero-order valence-electron chi connectivity index (χ0n) is 8.72. The lowest BCUT2D eigenvalue weighted by Gasteiger charge is -2.05. The van der Waals surface area contributed by atoms with Gasteiger partial charge in [-0.15, -0.1) is 0 Å². The summed E-state index contributed by atoms with van der Waals surface area (Å²) < 4.78 is 2.26. The second-order valence-corrected chi connectivity index (χ2v) is 4.08. The number of hydrogen-bond donors (Lipinski definition) is 0. The van der Waals surface area contributed by atoms with E-state index in [0.29, 0.717) is 6.04 Å². The van der Waals surface area contributed by atoms with Crippen molar-refractivity contribution in [2.45, 2.75) is 25.8 Å². The summed E-state index contributed by atoms with van der Waals surface area (Å²) in [5.74, 6) is 1.05. The Kier molecular flexibility index (Phi) is 1.84. The van der Waals surface area contributed by atoms with Crippen molar-refractivity contribution in [1.29, 1.82) is 0 Å². The molecule has 3 heteroatoms. The molecule has 0 unspecified atom stereocenters. The number of pyridine rings is 1. The second kappa shape index (κ2) is 3.19. The van der Waals surface area contributed by atoms with Gasteiger partial charge in [0.2, 0.25) is 0 Å². The first-order valence-corrected chi connectivity index (χ1v) is 5.30. The molecule has 76 valence electrons. The molecule has 0 N–H and O–H groups in total. The third-order valence-corrected chi connectivity index (χ3v) is 2.78. The first-order valence-electron chi connectivity index (χ1n) is 5.30. The Hall–Kier alpha value is -1.64. The van der Waals surface area contributed by atoms with Gasteiger partial charge in [0, 0.05) is 35.9 Å². The van der Waals surface area contributed by atoms with E-state index in [-0.39, 0.29) is 0 Å². The lowest BCUT2D eigenvalue weighted by atomic mass is 10.2. The first-order chi connectivity index (χ1) is 7.34. The quantitative estimate of drug-likeness (QED) is 0.744. The summed E-state index contributed by atoms with van der Waals surface area (Å²) in [6, 6.07) is 4.79. The van der Waals surface area contributed by atoms with Crippen molar-refractivity contribution in [2.75, 3.05) is 0 Å². The highest BCUT2D eigenvalue weighted by molar-refractivity contribution is 5.54. The topological polar surface area (TPSA) is 30.7 Å². The van der Waals surface area contributed by atoms with Crippen molar-refractivity contribution in [3.63, 3.8) is 0 Å². The summed E-state index contributed by atoms with van der Waals surface area (Å²) >= 11 is 0. The lowest BCUT2D eigenvalue weighted by Crippen LogP contribution is -1.96. The van der Waals surface area contributed by atoms with Crippen molar-refractivity contribution in [1.82, 2.24) is 14.5 Å². The van der Waals surface area contributed by atoms with Gasteiger partial charge in [0.05, 0.1) is 0 Å². The SMILES string of the molecule is Cc1ccc(-c2nccn2C2CC2)cn1. The fraction of sp³-hybridized carbons (Fsp3) is 0.333. The van der Waals surface area contributed by atoms with Crippen molar-refractivity contribution < 1.29 is 0 Å². The van der Waals surface area contributed by atoms with Gasteiger partial charge in [-0.2, -0.15) is 0 Å². The summed E-state index contributed by atoms with van der Waals surface area (Å²) in [5, 5.41) is 0. The molecule has 1 aliphatic carbocycles. The summed E-state index contributed by atoms with van der Waals surface area (Å²) in [4.78, 5) is 8.70. The molecule has 1 aliphatic rings. The molecule has 2 heterocycles. The number of hydrogen-bond acceptors (Lipinski definition) is 2. The monoisotopic (exact) mass is 199 g/mol. The van der Waals surface area contributed by atoms with Crippen LogP contribution in [0.3, 0.4) is 0 Å². The molecule has 0 spiro atoms. The lowest BCUT2D eigenvalue weighted by molar-refractivity contribution is 0.749. The van der Waals surface area contributed by atoms with E-state index in [4.69, 9.17) is 0 Å². The molecular weight excluding hydrogens is 186 g/mol. The molecule has 0 amide bonds. The molecule has 0 aliphatic heterocycles. The Morgan fingerprint density at radius 2 is 2.13 bits per heavy atom. The van der Waals surface area contributed by atoms with Gasteiger partial charge in [-0.25, -0.2) is 4.98 Å². The Bertz CT molecular complexity index is 466. The van der Waals surface area contributed by atoms with Gasteiger partial charge in [-0.3, -0.25) is 4.98 Å². The molecule has 15 heavy (non-hydrogen) atoms. The van der Waals surface area contributed by atoms with E-state index in [1.54, 1.807) is 0 Å². The van der Waals surface area contributed by atoms with E-state index >= 15 is 0 Å². The van der Waals surface area contributed by atoms with Gasteiger partial charge >= 0.3 is 0 Å². The highest BCUT2D eigenvalue weighted by Gasteiger charge is 2.25. The van der Waals surface area contributed by atoms with Gasteiger partial charge in [-0.1, -0.05) is 0 Å². The maximum absolute atomic E-state index is 4.40. The van der Waals surface area contributed by atoms with Crippen LogP contribution >= 0.6 is 0 Å². The van der Waals surface area contributed by atoms with Crippen LogP contribution in [0.25, 0.3) is 11.4 Å². The van der Waals surface area contributed by atoms with Crippen LogP contribution in [0.2, 0.25) is 0 Å². The third-order valence-electron chi connectivity index (χ3n) is 2.78. The minimum atomic E-state index is 0.670.